The fourth-order valence-electron chi connectivity index (χ4n) is 2.94. The van der Waals surface area contributed by atoms with E-state index >= 15 is 0 Å². The van der Waals surface area contributed by atoms with Crippen LogP contribution in [0.15, 0.2) is 12.3 Å². The summed E-state index contributed by atoms with van der Waals surface area (Å²) in [7, 11) is 0. The average Bonchev–Trinajstić information content (AvgIpc) is 2.99. The quantitative estimate of drug-likeness (QED) is 0.864. The van der Waals surface area contributed by atoms with E-state index in [4.69, 9.17) is 0 Å². The summed E-state index contributed by atoms with van der Waals surface area (Å²) in [4.78, 5) is 3.91. The van der Waals surface area contributed by atoms with Crippen molar-refractivity contribution in [3.63, 3.8) is 0 Å². The van der Waals surface area contributed by atoms with E-state index in [1.165, 1.54) is 10.8 Å². The van der Waals surface area contributed by atoms with Gasteiger partial charge in [-0.25, -0.2) is 4.98 Å². The summed E-state index contributed by atoms with van der Waals surface area (Å²) < 4.78 is 43.0. The van der Waals surface area contributed by atoms with Gasteiger partial charge in [0, 0.05) is 5.41 Å². The Labute approximate surface area is 138 Å². The van der Waals surface area contributed by atoms with Gasteiger partial charge in [-0.05, 0) is 19.9 Å². The van der Waals surface area contributed by atoms with Crippen molar-refractivity contribution in [2.24, 2.45) is 0 Å². The van der Waals surface area contributed by atoms with Crippen LogP contribution in [-0.2, 0) is 17.6 Å². The largest absolute Gasteiger partial charge is 0.424 e. The second kappa shape index (κ2) is 4.84. The van der Waals surface area contributed by atoms with Crippen molar-refractivity contribution in [2.75, 3.05) is 0 Å². The Morgan fingerprint density at radius 1 is 1.17 bits per heavy atom. The van der Waals surface area contributed by atoms with E-state index in [2.05, 4.69) is 10.1 Å². The lowest BCUT2D eigenvalue weighted by molar-refractivity contribution is -0.262. The minimum absolute atomic E-state index is 0.168. The second-order valence-electron chi connectivity index (χ2n) is 7.60. The van der Waals surface area contributed by atoms with Crippen LogP contribution in [0.25, 0.3) is 11.4 Å². The van der Waals surface area contributed by atoms with Crippen molar-refractivity contribution in [3.05, 3.63) is 23.8 Å². The fraction of sp³-hybridized carbons (Fsp3) is 0.625. The van der Waals surface area contributed by atoms with Gasteiger partial charge >= 0.3 is 6.18 Å². The summed E-state index contributed by atoms with van der Waals surface area (Å²) in [6, 6.07) is 1.58. The van der Waals surface area contributed by atoms with Gasteiger partial charge in [0.25, 0.3) is 0 Å². The lowest BCUT2D eigenvalue weighted by Crippen LogP contribution is -2.42. The summed E-state index contributed by atoms with van der Waals surface area (Å²) in [5.41, 5.74) is -1.05. The molecule has 0 bridgehead atoms. The topological polar surface area (TPSA) is 55.9 Å². The van der Waals surface area contributed by atoms with Gasteiger partial charge in [-0.1, -0.05) is 20.8 Å². The number of alkyl halides is 3. The smallest absolute Gasteiger partial charge is 0.374 e. The Balaban J connectivity index is 2.18. The van der Waals surface area contributed by atoms with Crippen molar-refractivity contribution in [1.29, 1.82) is 0 Å². The van der Waals surface area contributed by atoms with Gasteiger partial charge in [-0.3, -0.25) is 4.68 Å². The molecule has 0 saturated carbocycles. The van der Waals surface area contributed by atoms with E-state index in [1.807, 2.05) is 26.8 Å². The number of imidazole rings is 1. The van der Waals surface area contributed by atoms with E-state index in [-0.39, 0.29) is 17.3 Å². The zero-order valence-corrected chi connectivity index (χ0v) is 14.3. The molecule has 3 rings (SSSR count). The SMILES string of the molecule is C[C@H]1Cn2nc(C(C)(C)C)cc2-c2cnc([C@@](C)(O)C(F)(F)F)n21. The van der Waals surface area contributed by atoms with Crippen LogP contribution in [0.4, 0.5) is 13.2 Å². The van der Waals surface area contributed by atoms with E-state index in [0.717, 1.165) is 18.3 Å². The fourth-order valence-corrected chi connectivity index (χ4v) is 2.94. The highest BCUT2D eigenvalue weighted by Crippen LogP contribution is 2.42. The number of aromatic nitrogens is 4. The molecule has 0 saturated heterocycles. The minimum Gasteiger partial charge on any atom is -0.374 e. The van der Waals surface area contributed by atoms with E-state index in [9.17, 15) is 18.3 Å². The molecule has 1 N–H and O–H groups in total. The Morgan fingerprint density at radius 2 is 1.79 bits per heavy atom. The Hall–Kier alpha value is -1.83. The lowest BCUT2D eigenvalue weighted by Gasteiger charge is -2.31. The maximum absolute atomic E-state index is 13.2. The molecule has 0 radical (unpaired) electrons. The average molecular weight is 342 g/mol. The van der Waals surface area contributed by atoms with Crippen LogP contribution in [0.3, 0.4) is 0 Å². The monoisotopic (exact) mass is 342 g/mol. The molecule has 2 aromatic rings. The van der Waals surface area contributed by atoms with Crippen LogP contribution in [0.2, 0.25) is 0 Å². The molecule has 8 heteroatoms. The Kier molecular flexibility index (Phi) is 3.43. The molecule has 0 amide bonds. The second-order valence-corrected chi connectivity index (χ2v) is 7.60. The molecule has 5 nitrogen and oxygen atoms in total. The first-order chi connectivity index (χ1) is 10.8. The Bertz CT molecular complexity index is 780. The first-order valence-corrected chi connectivity index (χ1v) is 7.79. The minimum atomic E-state index is -4.80. The normalized spacial score (nSPS) is 20.5. The number of aliphatic hydroxyl groups is 1. The van der Waals surface area contributed by atoms with Gasteiger partial charge in [0.1, 0.15) is 0 Å². The van der Waals surface area contributed by atoms with Gasteiger partial charge in [0.15, 0.2) is 5.82 Å². The molecular formula is C16H21F3N4O. The van der Waals surface area contributed by atoms with Crippen LogP contribution in [0, 0.1) is 0 Å². The predicted octanol–water partition coefficient (Wildman–Crippen LogP) is 3.39. The lowest BCUT2D eigenvalue weighted by atomic mass is 9.92. The first kappa shape index (κ1) is 17.0. The zero-order valence-electron chi connectivity index (χ0n) is 14.3. The molecule has 2 aromatic heterocycles. The summed E-state index contributed by atoms with van der Waals surface area (Å²) in [5, 5.41) is 14.6. The third-order valence-corrected chi connectivity index (χ3v) is 4.47. The van der Waals surface area contributed by atoms with Crippen molar-refractivity contribution in [3.8, 4) is 11.4 Å². The van der Waals surface area contributed by atoms with Gasteiger partial charge < -0.3 is 9.67 Å². The van der Waals surface area contributed by atoms with Crippen LogP contribution >= 0.6 is 0 Å². The van der Waals surface area contributed by atoms with Crippen molar-refractivity contribution in [2.45, 2.75) is 64.4 Å². The van der Waals surface area contributed by atoms with Crippen molar-refractivity contribution in [1.82, 2.24) is 19.3 Å². The summed E-state index contributed by atoms with van der Waals surface area (Å²) in [5.74, 6) is -0.387. The standard InChI is InChI=1S/C16H21F3N4O/c1-9-8-22-10(6-12(21-22)14(2,3)4)11-7-20-13(23(9)11)15(5,24)16(17,18)19/h6-7,9,24H,8H2,1-5H3/t9-,15+/m0/s1. The zero-order chi connectivity index (χ0) is 18.1. The Morgan fingerprint density at radius 3 is 2.33 bits per heavy atom. The molecule has 132 valence electrons. The van der Waals surface area contributed by atoms with Gasteiger partial charge in [0.05, 0.1) is 35.9 Å². The van der Waals surface area contributed by atoms with Crippen LogP contribution in [0.5, 0.6) is 0 Å². The summed E-state index contributed by atoms with van der Waals surface area (Å²) >= 11 is 0. The third-order valence-electron chi connectivity index (χ3n) is 4.47. The van der Waals surface area contributed by atoms with Crippen LogP contribution in [-0.4, -0.2) is 30.6 Å². The van der Waals surface area contributed by atoms with E-state index in [1.54, 1.807) is 11.6 Å². The molecule has 1 aliphatic heterocycles. The molecule has 24 heavy (non-hydrogen) atoms. The summed E-state index contributed by atoms with van der Waals surface area (Å²) in [6.07, 6.45) is -3.42. The number of rotatable bonds is 1. The molecule has 0 unspecified atom stereocenters. The number of hydrogen-bond donors (Lipinski definition) is 1. The van der Waals surface area contributed by atoms with Gasteiger partial charge in [0.2, 0.25) is 5.60 Å². The number of halogens is 3. The molecule has 3 heterocycles. The molecule has 2 atom stereocenters. The highest BCUT2D eigenvalue weighted by atomic mass is 19.4. The van der Waals surface area contributed by atoms with Gasteiger partial charge in [-0.15, -0.1) is 0 Å². The molecule has 0 spiro atoms. The molecule has 0 aliphatic carbocycles. The number of hydrogen-bond acceptors (Lipinski definition) is 3. The predicted molar refractivity (Wildman–Crippen MR) is 82.5 cm³/mol. The summed E-state index contributed by atoms with van der Waals surface area (Å²) in [6.45, 7) is 9.05. The van der Waals surface area contributed by atoms with Crippen LogP contribution < -0.4 is 0 Å². The number of fused-ring (bicyclic) bond motifs is 3. The molecular weight excluding hydrogens is 321 g/mol. The molecule has 0 fully saturated rings. The van der Waals surface area contributed by atoms with E-state index < -0.39 is 11.8 Å². The first-order valence-electron chi connectivity index (χ1n) is 7.79. The van der Waals surface area contributed by atoms with Crippen molar-refractivity contribution >= 4 is 0 Å². The number of nitrogens with zero attached hydrogens (tertiary/aromatic N) is 4. The highest BCUT2D eigenvalue weighted by Gasteiger charge is 2.55. The molecule has 1 aliphatic rings. The highest BCUT2D eigenvalue weighted by molar-refractivity contribution is 5.58. The maximum atomic E-state index is 13.2. The third kappa shape index (κ3) is 2.35. The van der Waals surface area contributed by atoms with Crippen molar-refractivity contribution < 1.29 is 18.3 Å². The van der Waals surface area contributed by atoms with Crippen LogP contribution in [0.1, 0.15) is 52.2 Å². The van der Waals surface area contributed by atoms with E-state index in [0.29, 0.717) is 12.2 Å². The molecule has 0 aromatic carbocycles. The van der Waals surface area contributed by atoms with Gasteiger partial charge in [-0.2, -0.15) is 18.3 Å². The maximum Gasteiger partial charge on any atom is 0.424 e.